The Bertz CT molecular complexity index is 747. The lowest BCUT2D eigenvalue weighted by atomic mass is 10.1. The zero-order valence-electron chi connectivity index (χ0n) is 15.7. The highest BCUT2D eigenvalue weighted by Crippen LogP contribution is 2.21. The predicted molar refractivity (Wildman–Crippen MR) is 104 cm³/mol. The van der Waals surface area contributed by atoms with Crippen molar-refractivity contribution in [1.82, 2.24) is 4.98 Å². The molecule has 1 heterocycles. The number of amides is 1. The molecule has 2 rings (SSSR count). The third kappa shape index (κ3) is 5.46. The Kier molecular flexibility index (Phi) is 7.41. The van der Waals surface area contributed by atoms with E-state index < -0.39 is 0 Å². The van der Waals surface area contributed by atoms with Crippen LogP contribution >= 0.6 is 0 Å². The van der Waals surface area contributed by atoms with Crippen LogP contribution in [0.2, 0.25) is 0 Å². The normalized spacial score (nSPS) is 10.6. The second-order valence-corrected chi connectivity index (χ2v) is 6.16. The number of unbranched alkanes of at least 4 members (excludes halogenated alkanes) is 2. The lowest BCUT2D eigenvalue weighted by molar-refractivity contribution is 0.102. The predicted octanol–water partition coefficient (Wildman–Crippen LogP) is 3.94. The van der Waals surface area contributed by atoms with Gasteiger partial charge in [-0.3, -0.25) is 4.79 Å². The number of aromatic nitrogens is 1. The van der Waals surface area contributed by atoms with Crippen molar-refractivity contribution in [2.45, 2.75) is 39.7 Å². The topological polar surface area (TPSA) is 86.5 Å². The van der Waals surface area contributed by atoms with Crippen molar-refractivity contribution in [3.05, 3.63) is 47.2 Å². The maximum atomic E-state index is 12.6. The van der Waals surface area contributed by atoms with E-state index in [1.54, 1.807) is 19.2 Å². The van der Waals surface area contributed by atoms with Crippen LogP contribution in [-0.2, 0) is 11.3 Å². The number of pyridine rings is 1. The van der Waals surface area contributed by atoms with E-state index in [1.165, 1.54) is 0 Å². The van der Waals surface area contributed by atoms with Crippen LogP contribution in [0.25, 0.3) is 0 Å². The first kappa shape index (κ1) is 19.7. The van der Waals surface area contributed by atoms with Gasteiger partial charge in [-0.15, -0.1) is 0 Å². The van der Waals surface area contributed by atoms with Gasteiger partial charge in [-0.2, -0.15) is 0 Å². The molecule has 0 radical (unpaired) electrons. The Labute approximate surface area is 154 Å². The molecule has 0 saturated heterocycles. The van der Waals surface area contributed by atoms with Crippen molar-refractivity contribution >= 4 is 17.4 Å². The molecule has 0 fully saturated rings. The zero-order chi connectivity index (χ0) is 18.9. The molecule has 6 heteroatoms. The number of anilines is 2. The van der Waals surface area contributed by atoms with Crippen LogP contribution in [0.3, 0.4) is 0 Å². The number of aryl methyl sites for hydroxylation is 1. The zero-order valence-corrected chi connectivity index (χ0v) is 15.7. The first-order chi connectivity index (χ1) is 12.5. The number of carbonyl (C=O) groups excluding carboxylic acids is 1. The summed E-state index contributed by atoms with van der Waals surface area (Å²) in [7, 11) is 1.59. The SMILES string of the molecule is CCCCCOc1cccc(NC(=O)c2cc(C)c(COC)nc2N)c1. The van der Waals surface area contributed by atoms with Gasteiger partial charge in [0.2, 0.25) is 0 Å². The minimum Gasteiger partial charge on any atom is -0.494 e. The summed E-state index contributed by atoms with van der Waals surface area (Å²) in [5, 5.41) is 2.85. The van der Waals surface area contributed by atoms with Crippen LogP contribution in [0.5, 0.6) is 5.75 Å². The molecular formula is C20H27N3O3. The second-order valence-electron chi connectivity index (χ2n) is 6.16. The number of rotatable bonds is 9. The molecule has 0 aliphatic rings. The van der Waals surface area contributed by atoms with Gasteiger partial charge in [0.15, 0.2) is 0 Å². The fraction of sp³-hybridized carbons (Fsp3) is 0.400. The molecule has 2 aromatic rings. The van der Waals surface area contributed by atoms with Gasteiger partial charge in [0, 0.05) is 18.9 Å². The summed E-state index contributed by atoms with van der Waals surface area (Å²) < 4.78 is 10.8. The van der Waals surface area contributed by atoms with Crippen LogP contribution in [0.4, 0.5) is 11.5 Å². The summed E-state index contributed by atoms with van der Waals surface area (Å²) in [6, 6.07) is 9.07. The number of benzene rings is 1. The van der Waals surface area contributed by atoms with Crippen molar-refractivity contribution in [3.8, 4) is 5.75 Å². The van der Waals surface area contributed by atoms with E-state index in [-0.39, 0.29) is 11.7 Å². The largest absolute Gasteiger partial charge is 0.494 e. The highest BCUT2D eigenvalue weighted by Gasteiger charge is 2.14. The maximum absolute atomic E-state index is 12.6. The fourth-order valence-corrected chi connectivity index (χ4v) is 2.54. The number of ether oxygens (including phenoxy) is 2. The molecule has 3 N–H and O–H groups in total. The van der Waals surface area contributed by atoms with Crippen LogP contribution in [0.15, 0.2) is 30.3 Å². The van der Waals surface area contributed by atoms with Gasteiger partial charge in [-0.1, -0.05) is 25.8 Å². The monoisotopic (exact) mass is 357 g/mol. The Balaban J connectivity index is 2.06. The molecule has 0 bridgehead atoms. The Morgan fingerprint density at radius 2 is 2.08 bits per heavy atom. The van der Waals surface area contributed by atoms with Crippen LogP contribution in [0.1, 0.15) is 47.8 Å². The van der Waals surface area contributed by atoms with E-state index in [0.717, 1.165) is 36.3 Å². The highest BCUT2D eigenvalue weighted by molar-refractivity contribution is 6.07. The summed E-state index contributed by atoms with van der Waals surface area (Å²) in [6.45, 7) is 5.06. The van der Waals surface area contributed by atoms with E-state index in [1.807, 2.05) is 25.1 Å². The Hall–Kier alpha value is -2.60. The molecule has 1 aromatic heterocycles. The quantitative estimate of drug-likeness (QED) is 0.664. The van der Waals surface area contributed by atoms with Gasteiger partial charge >= 0.3 is 0 Å². The van der Waals surface area contributed by atoms with E-state index in [2.05, 4.69) is 17.2 Å². The summed E-state index contributed by atoms with van der Waals surface area (Å²) in [6.07, 6.45) is 3.31. The van der Waals surface area contributed by atoms with Crippen molar-refractivity contribution < 1.29 is 14.3 Å². The van der Waals surface area contributed by atoms with E-state index in [4.69, 9.17) is 15.2 Å². The third-order valence-corrected chi connectivity index (χ3v) is 3.98. The number of nitrogens with two attached hydrogens (primary N) is 1. The molecule has 0 saturated carbocycles. The smallest absolute Gasteiger partial charge is 0.259 e. The molecule has 1 amide bonds. The van der Waals surface area contributed by atoms with Crippen molar-refractivity contribution in [3.63, 3.8) is 0 Å². The van der Waals surface area contributed by atoms with Crippen molar-refractivity contribution in [2.75, 3.05) is 24.8 Å². The third-order valence-electron chi connectivity index (χ3n) is 3.98. The van der Waals surface area contributed by atoms with Crippen molar-refractivity contribution in [2.24, 2.45) is 0 Å². The van der Waals surface area contributed by atoms with Gasteiger partial charge in [-0.25, -0.2) is 4.98 Å². The standard InChI is InChI=1S/C20H27N3O3/c1-4-5-6-10-26-16-9-7-8-15(12-16)22-20(24)17-11-14(2)18(13-25-3)23-19(17)21/h7-9,11-12H,4-6,10,13H2,1-3H3,(H2,21,23)(H,22,24). The van der Waals surface area contributed by atoms with E-state index in [0.29, 0.717) is 24.5 Å². The maximum Gasteiger partial charge on any atom is 0.259 e. The number of hydrogen-bond donors (Lipinski definition) is 2. The summed E-state index contributed by atoms with van der Waals surface area (Å²) >= 11 is 0. The minimum atomic E-state index is -0.301. The number of nitrogen functional groups attached to an aromatic ring is 1. The summed E-state index contributed by atoms with van der Waals surface area (Å²) in [5.74, 6) is 0.619. The highest BCUT2D eigenvalue weighted by atomic mass is 16.5. The molecule has 1 aromatic carbocycles. The first-order valence-corrected chi connectivity index (χ1v) is 8.84. The van der Waals surface area contributed by atoms with Gasteiger partial charge < -0.3 is 20.5 Å². The number of methoxy groups -OCH3 is 1. The molecule has 0 unspecified atom stereocenters. The van der Waals surface area contributed by atoms with Crippen LogP contribution < -0.4 is 15.8 Å². The minimum absolute atomic E-state index is 0.187. The van der Waals surface area contributed by atoms with Gasteiger partial charge in [0.05, 0.1) is 24.5 Å². The Morgan fingerprint density at radius 3 is 2.81 bits per heavy atom. The summed E-state index contributed by atoms with van der Waals surface area (Å²) in [5.41, 5.74) is 8.53. The van der Waals surface area contributed by atoms with Gasteiger partial charge in [0.25, 0.3) is 5.91 Å². The fourth-order valence-electron chi connectivity index (χ4n) is 2.54. The average Bonchev–Trinajstić information content (AvgIpc) is 2.62. The lowest BCUT2D eigenvalue weighted by Gasteiger charge is -2.12. The number of nitrogens with one attached hydrogen (secondary N) is 1. The van der Waals surface area contributed by atoms with Gasteiger partial charge in [0.1, 0.15) is 11.6 Å². The average molecular weight is 357 g/mol. The van der Waals surface area contributed by atoms with Crippen molar-refractivity contribution in [1.29, 1.82) is 0 Å². The first-order valence-electron chi connectivity index (χ1n) is 8.84. The van der Waals surface area contributed by atoms with Gasteiger partial charge in [-0.05, 0) is 37.1 Å². The molecular weight excluding hydrogens is 330 g/mol. The number of carbonyl (C=O) groups is 1. The molecule has 0 aliphatic carbocycles. The number of nitrogens with zero attached hydrogens (tertiary/aromatic N) is 1. The lowest BCUT2D eigenvalue weighted by Crippen LogP contribution is -2.16. The Morgan fingerprint density at radius 1 is 1.27 bits per heavy atom. The second kappa shape index (κ2) is 9.77. The van der Waals surface area contributed by atoms with E-state index in [9.17, 15) is 4.79 Å². The van der Waals surface area contributed by atoms with Crippen LogP contribution in [0, 0.1) is 6.92 Å². The molecule has 0 spiro atoms. The summed E-state index contributed by atoms with van der Waals surface area (Å²) in [4.78, 5) is 16.8. The molecule has 6 nitrogen and oxygen atoms in total. The molecule has 0 aliphatic heterocycles. The van der Waals surface area contributed by atoms with Crippen LogP contribution in [-0.4, -0.2) is 24.6 Å². The van der Waals surface area contributed by atoms with E-state index >= 15 is 0 Å². The molecule has 140 valence electrons. The molecule has 26 heavy (non-hydrogen) atoms. The molecule has 0 atom stereocenters. The number of hydrogen-bond acceptors (Lipinski definition) is 5.